The van der Waals surface area contributed by atoms with Crippen LogP contribution < -0.4 is 10.5 Å². The molecule has 2 rings (SSSR count). The lowest BCUT2D eigenvalue weighted by Crippen LogP contribution is -2.13. The van der Waals surface area contributed by atoms with Crippen LogP contribution in [0.15, 0.2) is 32.0 Å². The molecule has 0 fully saturated rings. The molecule has 0 amide bonds. The Morgan fingerprint density at radius 2 is 2.00 bits per heavy atom. The number of hydrogen-bond acceptors (Lipinski definition) is 4. The number of rotatable bonds is 4. The number of nitrogens with two attached hydrogens (primary N) is 1. The molecule has 0 saturated carbocycles. The fraction of sp³-hybridized carbons (Fsp3) is 0.167. The first kappa shape index (κ1) is 16.6. The number of halogens is 3. The van der Waals surface area contributed by atoms with E-state index in [4.69, 9.17) is 33.4 Å². The van der Waals surface area contributed by atoms with E-state index in [0.717, 1.165) is 0 Å². The Balaban J connectivity index is 2.42. The third-order valence-electron chi connectivity index (χ3n) is 2.69. The van der Waals surface area contributed by atoms with E-state index in [1.54, 1.807) is 13.0 Å². The molecule has 114 valence electrons. The van der Waals surface area contributed by atoms with Crippen LogP contribution in [0.3, 0.4) is 0 Å². The Kier molecular flexibility index (Phi) is 4.89. The van der Waals surface area contributed by atoms with Crippen LogP contribution in [0.1, 0.15) is 11.5 Å². The summed E-state index contributed by atoms with van der Waals surface area (Å²) in [6, 6.07) is 4.49. The van der Waals surface area contributed by atoms with E-state index in [0.29, 0.717) is 10.2 Å². The van der Waals surface area contributed by atoms with Crippen LogP contribution in [0.4, 0.5) is 5.69 Å². The zero-order valence-corrected chi connectivity index (χ0v) is 14.7. The largest absolute Gasteiger partial charge is 0.464 e. The summed E-state index contributed by atoms with van der Waals surface area (Å²) in [7, 11) is -3.84. The molecule has 3 N–H and O–H groups in total. The first-order valence-corrected chi connectivity index (χ1v) is 8.75. The third kappa shape index (κ3) is 3.37. The lowest BCUT2D eigenvalue weighted by atomic mass is 10.3. The van der Waals surface area contributed by atoms with Crippen LogP contribution in [-0.4, -0.2) is 8.42 Å². The van der Waals surface area contributed by atoms with Crippen molar-refractivity contribution in [3.05, 3.63) is 44.2 Å². The molecule has 2 aromatic rings. The number of anilines is 1. The van der Waals surface area contributed by atoms with Crippen LogP contribution >= 0.6 is 39.1 Å². The molecule has 0 atom stereocenters. The minimum Gasteiger partial charge on any atom is -0.464 e. The van der Waals surface area contributed by atoms with Gasteiger partial charge in [0.15, 0.2) is 0 Å². The van der Waals surface area contributed by atoms with E-state index in [1.807, 2.05) is 0 Å². The number of aryl methyl sites for hydroxylation is 1. The summed E-state index contributed by atoms with van der Waals surface area (Å²) >= 11 is 15.2. The molecule has 0 bridgehead atoms. The number of furan rings is 1. The van der Waals surface area contributed by atoms with Gasteiger partial charge in [-0.2, -0.15) is 0 Å². The van der Waals surface area contributed by atoms with Crippen molar-refractivity contribution < 1.29 is 12.8 Å². The van der Waals surface area contributed by atoms with Crippen LogP contribution in [0.25, 0.3) is 0 Å². The van der Waals surface area contributed by atoms with Gasteiger partial charge in [-0.1, -0.05) is 23.2 Å². The maximum absolute atomic E-state index is 12.4. The lowest BCUT2D eigenvalue weighted by Gasteiger charge is -2.10. The Hall–Kier alpha value is -0.730. The van der Waals surface area contributed by atoms with E-state index < -0.39 is 10.0 Å². The quantitative estimate of drug-likeness (QED) is 0.743. The van der Waals surface area contributed by atoms with Crippen molar-refractivity contribution in [2.75, 3.05) is 4.72 Å². The van der Waals surface area contributed by atoms with Crippen molar-refractivity contribution in [1.29, 1.82) is 0 Å². The summed E-state index contributed by atoms with van der Waals surface area (Å²) < 4.78 is 33.0. The van der Waals surface area contributed by atoms with E-state index in [9.17, 15) is 8.42 Å². The van der Waals surface area contributed by atoms with E-state index >= 15 is 0 Å². The second-order valence-electron chi connectivity index (χ2n) is 4.17. The molecule has 0 unspecified atom stereocenters. The Labute approximate surface area is 140 Å². The molecule has 5 nitrogen and oxygen atoms in total. The predicted molar refractivity (Wildman–Crippen MR) is 86.3 cm³/mol. The normalized spacial score (nSPS) is 11.7. The zero-order valence-electron chi connectivity index (χ0n) is 10.8. The summed E-state index contributed by atoms with van der Waals surface area (Å²) in [6.07, 6.45) is 0. The maximum Gasteiger partial charge on any atom is 0.265 e. The lowest BCUT2D eigenvalue weighted by molar-refractivity contribution is 0.479. The monoisotopic (exact) mass is 412 g/mol. The first-order chi connectivity index (χ1) is 9.76. The van der Waals surface area contributed by atoms with Gasteiger partial charge in [0.25, 0.3) is 10.0 Å². The first-order valence-electron chi connectivity index (χ1n) is 5.72. The molecular weight excluding hydrogens is 403 g/mol. The van der Waals surface area contributed by atoms with Gasteiger partial charge in [-0.05, 0) is 35.0 Å². The highest BCUT2D eigenvalue weighted by Gasteiger charge is 2.23. The summed E-state index contributed by atoms with van der Waals surface area (Å²) in [5.41, 5.74) is 5.62. The predicted octanol–water partition coefficient (Wildman–Crippen LogP) is 3.92. The van der Waals surface area contributed by atoms with E-state index in [2.05, 4.69) is 20.7 Å². The Morgan fingerprint density at radius 1 is 1.33 bits per heavy atom. The maximum atomic E-state index is 12.4. The molecule has 0 aliphatic heterocycles. The summed E-state index contributed by atoms with van der Waals surface area (Å²) in [4.78, 5) is 0.0121. The standard InChI is InChI=1S/C12H11BrCl2N2O3S/c1-6-10(4-7(5-16)20-6)21(18,19)17-9-3-2-8(13)11(14)12(9)15/h2-4,17H,5,16H2,1H3. The van der Waals surface area contributed by atoms with Gasteiger partial charge in [0.2, 0.25) is 0 Å². The van der Waals surface area contributed by atoms with Gasteiger partial charge in [-0.25, -0.2) is 8.42 Å². The van der Waals surface area contributed by atoms with Gasteiger partial charge < -0.3 is 10.2 Å². The topological polar surface area (TPSA) is 85.3 Å². The Morgan fingerprint density at radius 3 is 2.57 bits per heavy atom. The van der Waals surface area contributed by atoms with Crippen molar-refractivity contribution >= 4 is 54.8 Å². The third-order valence-corrected chi connectivity index (χ3v) is 5.94. The van der Waals surface area contributed by atoms with Gasteiger partial charge in [-0.15, -0.1) is 0 Å². The van der Waals surface area contributed by atoms with Crippen LogP contribution in [0, 0.1) is 6.92 Å². The highest BCUT2D eigenvalue weighted by molar-refractivity contribution is 9.10. The van der Waals surface area contributed by atoms with Crippen LogP contribution in [0.2, 0.25) is 10.0 Å². The molecule has 0 radical (unpaired) electrons. The average Bonchev–Trinajstić information content (AvgIpc) is 2.81. The number of hydrogen-bond donors (Lipinski definition) is 2. The van der Waals surface area contributed by atoms with E-state index in [1.165, 1.54) is 12.1 Å². The molecule has 0 spiro atoms. The number of nitrogens with one attached hydrogen (secondary N) is 1. The average molecular weight is 414 g/mol. The molecule has 1 aromatic heterocycles. The minimum absolute atomic E-state index is 0.0121. The Bertz CT molecular complexity index is 790. The van der Waals surface area contributed by atoms with Gasteiger partial charge in [0.1, 0.15) is 16.4 Å². The molecule has 9 heteroatoms. The van der Waals surface area contributed by atoms with Crippen molar-refractivity contribution in [1.82, 2.24) is 0 Å². The molecule has 0 aliphatic carbocycles. The molecule has 0 aliphatic rings. The number of sulfonamides is 1. The highest BCUT2D eigenvalue weighted by Crippen LogP contribution is 2.37. The van der Waals surface area contributed by atoms with Crippen molar-refractivity contribution in [3.63, 3.8) is 0 Å². The second kappa shape index (κ2) is 6.18. The van der Waals surface area contributed by atoms with Crippen LogP contribution in [-0.2, 0) is 16.6 Å². The smallest absolute Gasteiger partial charge is 0.265 e. The summed E-state index contributed by atoms with van der Waals surface area (Å²) in [6.45, 7) is 1.66. The van der Waals surface area contributed by atoms with Gasteiger partial charge >= 0.3 is 0 Å². The molecule has 1 heterocycles. The van der Waals surface area contributed by atoms with Gasteiger partial charge in [0, 0.05) is 10.5 Å². The number of benzene rings is 1. The van der Waals surface area contributed by atoms with Gasteiger partial charge in [-0.3, -0.25) is 4.72 Å². The fourth-order valence-corrected chi connectivity index (χ4v) is 3.85. The fourth-order valence-electron chi connectivity index (χ4n) is 1.70. The molecule has 0 saturated heterocycles. The van der Waals surface area contributed by atoms with Crippen molar-refractivity contribution in [2.45, 2.75) is 18.4 Å². The van der Waals surface area contributed by atoms with E-state index in [-0.39, 0.29) is 32.9 Å². The SMILES string of the molecule is Cc1oc(CN)cc1S(=O)(=O)Nc1ccc(Br)c(Cl)c1Cl. The van der Waals surface area contributed by atoms with Gasteiger partial charge in [0.05, 0.1) is 22.3 Å². The molecule has 21 heavy (non-hydrogen) atoms. The van der Waals surface area contributed by atoms with Crippen molar-refractivity contribution in [3.8, 4) is 0 Å². The van der Waals surface area contributed by atoms with Crippen molar-refractivity contribution in [2.24, 2.45) is 5.73 Å². The summed E-state index contributed by atoms with van der Waals surface area (Å²) in [5, 5.41) is 0.332. The molecule has 1 aromatic carbocycles. The minimum atomic E-state index is -3.84. The highest BCUT2D eigenvalue weighted by atomic mass is 79.9. The summed E-state index contributed by atoms with van der Waals surface area (Å²) in [5.74, 6) is 0.634. The second-order valence-corrected chi connectivity index (χ2v) is 7.43. The molecular formula is C12H11BrCl2N2O3S. The zero-order chi connectivity index (χ0) is 15.8. The van der Waals surface area contributed by atoms with Crippen LogP contribution in [0.5, 0.6) is 0 Å².